The summed E-state index contributed by atoms with van der Waals surface area (Å²) in [5.74, 6) is -1.77. The lowest BCUT2D eigenvalue weighted by Gasteiger charge is -1.99. The molecular weight excluding hydrogens is 219 g/mol. The van der Waals surface area contributed by atoms with Crippen molar-refractivity contribution >= 4 is 23.5 Å². The quantitative estimate of drug-likeness (QED) is 0.781. The third-order valence-corrected chi connectivity index (χ3v) is 2.52. The number of carboxylic acids is 1. The van der Waals surface area contributed by atoms with Crippen LogP contribution in [0.4, 0.5) is 4.39 Å². The highest BCUT2D eigenvalue weighted by Gasteiger charge is 2.07. The summed E-state index contributed by atoms with van der Waals surface area (Å²) in [6.45, 7) is 0. The molecule has 0 aliphatic rings. The summed E-state index contributed by atoms with van der Waals surface area (Å²) in [6, 6.07) is 5.35. The third-order valence-electron chi connectivity index (χ3n) is 1.61. The van der Waals surface area contributed by atoms with E-state index < -0.39 is 11.8 Å². The maximum absolute atomic E-state index is 12.7. The molecular formula is C10H9FO3S. The Morgan fingerprint density at radius 2 is 2.07 bits per heavy atom. The number of hydrogen-bond donors (Lipinski definition) is 1. The van der Waals surface area contributed by atoms with Crippen LogP contribution in [0.25, 0.3) is 0 Å². The van der Waals surface area contributed by atoms with Crippen LogP contribution in [0.5, 0.6) is 0 Å². The van der Waals surface area contributed by atoms with Gasteiger partial charge in [-0.15, -0.1) is 11.8 Å². The molecule has 0 atom stereocenters. The van der Waals surface area contributed by atoms with E-state index >= 15 is 0 Å². The van der Waals surface area contributed by atoms with E-state index in [2.05, 4.69) is 0 Å². The van der Waals surface area contributed by atoms with Gasteiger partial charge in [0.25, 0.3) is 0 Å². The van der Waals surface area contributed by atoms with E-state index in [1.54, 1.807) is 0 Å². The molecule has 1 N–H and O–H groups in total. The van der Waals surface area contributed by atoms with Crippen molar-refractivity contribution in [3.63, 3.8) is 0 Å². The van der Waals surface area contributed by atoms with Gasteiger partial charge >= 0.3 is 5.97 Å². The molecule has 1 rings (SSSR count). The number of aliphatic carboxylic acids is 1. The van der Waals surface area contributed by atoms with E-state index in [0.29, 0.717) is 0 Å². The highest BCUT2D eigenvalue weighted by molar-refractivity contribution is 8.00. The van der Waals surface area contributed by atoms with Crippen molar-refractivity contribution in [2.45, 2.75) is 0 Å². The molecule has 0 heterocycles. The number of benzene rings is 1. The zero-order valence-electron chi connectivity index (χ0n) is 7.77. The number of carbonyl (C=O) groups excluding carboxylic acids is 1. The van der Waals surface area contributed by atoms with E-state index in [9.17, 15) is 14.0 Å². The smallest absolute Gasteiger partial charge is 0.313 e. The number of hydrogen-bond acceptors (Lipinski definition) is 3. The number of carboxylic acid groups (broad SMARTS) is 1. The molecule has 0 amide bonds. The molecule has 0 aliphatic carbocycles. The van der Waals surface area contributed by atoms with Gasteiger partial charge in [0.2, 0.25) is 0 Å². The van der Waals surface area contributed by atoms with Gasteiger partial charge in [0.1, 0.15) is 5.82 Å². The zero-order chi connectivity index (χ0) is 11.3. The fourth-order valence-electron chi connectivity index (χ4n) is 0.976. The highest BCUT2D eigenvalue weighted by Crippen LogP contribution is 2.08. The fraction of sp³-hybridized carbons (Fsp3) is 0.200. The van der Waals surface area contributed by atoms with Gasteiger partial charge in [-0.2, -0.15) is 0 Å². The fourth-order valence-corrected chi connectivity index (χ4v) is 1.61. The molecule has 0 unspecified atom stereocenters. The summed E-state index contributed by atoms with van der Waals surface area (Å²) in [6.07, 6.45) is 0. The summed E-state index contributed by atoms with van der Waals surface area (Å²) in [4.78, 5) is 21.6. The maximum Gasteiger partial charge on any atom is 0.313 e. The van der Waals surface area contributed by atoms with Gasteiger partial charge in [0.15, 0.2) is 5.78 Å². The number of rotatable bonds is 5. The predicted octanol–water partition coefficient (Wildman–Crippen LogP) is 1.83. The Hall–Kier alpha value is -1.36. The van der Waals surface area contributed by atoms with E-state index in [0.717, 1.165) is 17.8 Å². The lowest BCUT2D eigenvalue weighted by atomic mass is 10.1. The summed E-state index contributed by atoms with van der Waals surface area (Å²) < 4.78 is 12.7. The second-order valence-electron chi connectivity index (χ2n) is 2.82. The van der Waals surface area contributed by atoms with Crippen molar-refractivity contribution in [1.82, 2.24) is 0 Å². The average molecular weight is 228 g/mol. The number of carbonyl (C=O) groups is 2. The van der Waals surface area contributed by atoms with E-state index in [4.69, 9.17) is 5.11 Å². The Kier molecular flexibility index (Phi) is 4.30. The van der Waals surface area contributed by atoms with Crippen molar-refractivity contribution in [3.05, 3.63) is 35.6 Å². The molecule has 0 aromatic heterocycles. The first-order valence-electron chi connectivity index (χ1n) is 4.18. The molecule has 3 nitrogen and oxygen atoms in total. The average Bonchev–Trinajstić information content (AvgIpc) is 2.17. The van der Waals surface area contributed by atoms with Crippen LogP contribution in [-0.4, -0.2) is 28.4 Å². The standard InChI is InChI=1S/C10H9FO3S/c11-8-3-1-2-7(4-8)9(12)5-15-6-10(13)14/h1-4H,5-6H2,(H,13,14). The van der Waals surface area contributed by atoms with Gasteiger partial charge in [-0.25, -0.2) is 4.39 Å². The monoisotopic (exact) mass is 228 g/mol. The molecule has 0 saturated heterocycles. The maximum atomic E-state index is 12.7. The summed E-state index contributed by atoms with van der Waals surface area (Å²) >= 11 is 0.999. The van der Waals surface area contributed by atoms with Crippen LogP contribution in [0.1, 0.15) is 10.4 Å². The second kappa shape index (κ2) is 5.50. The lowest BCUT2D eigenvalue weighted by molar-refractivity contribution is -0.133. The highest BCUT2D eigenvalue weighted by atomic mass is 32.2. The van der Waals surface area contributed by atoms with Crippen LogP contribution in [0.15, 0.2) is 24.3 Å². The molecule has 0 fully saturated rings. The van der Waals surface area contributed by atoms with E-state index in [1.165, 1.54) is 18.2 Å². The largest absolute Gasteiger partial charge is 0.481 e. The SMILES string of the molecule is O=C(O)CSCC(=O)c1cccc(F)c1. The number of Topliss-reactive ketones (excluding diaryl/α,β-unsaturated/α-hetero) is 1. The van der Waals surface area contributed by atoms with Gasteiger partial charge < -0.3 is 5.11 Å². The lowest BCUT2D eigenvalue weighted by Crippen LogP contribution is -2.06. The van der Waals surface area contributed by atoms with Crippen molar-refractivity contribution in [1.29, 1.82) is 0 Å². The summed E-state index contributed by atoms with van der Waals surface area (Å²) in [5, 5.41) is 8.35. The molecule has 0 spiro atoms. The minimum absolute atomic E-state index is 0.0513. The first-order chi connectivity index (χ1) is 7.09. The van der Waals surface area contributed by atoms with Crippen LogP contribution >= 0.6 is 11.8 Å². The topological polar surface area (TPSA) is 54.4 Å². The third kappa shape index (κ3) is 4.12. The van der Waals surface area contributed by atoms with Gasteiger partial charge in [0.05, 0.1) is 11.5 Å². The van der Waals surface area contributed by atoms with Crippen molar-refractivity contribution in [2.24, 2.45) is 0 Å². The molecule has 0 radical (unpaired) electrons. The molecule has 0 saturated carbocycles. The molecule has 1 aromatic rings. The van der Waals surface area contributed by atoms with Crippen molar-refractivity contribution < 1.29 is 19.1 Å². The Morgan fingerprint density at radius 3 is 2.67 bits per heavy atom. The number of thioether (sulfide) groups is 1. The van der Waals surface area contributed by atoms with Crippen molar-refractivity contribution in [2.75, 3.05) is 11.5 Å². The Labute approximate surface area is 90.3 Å². The molecule has 80 valence electrons. The number of halogens is 1. The Morgan fingerprint density at radius 1 is 1.33 bits per heavy atom. The minimum Gasteiger partial charge on any atom is -0.481 e. The van der Waals surface area contributed by atoms with Gasteiger partial charge in [-0.3, -0.25) is 9.59 Å². The van der Waals surface area contributed by atoms with Gasteiger partial charge in [-0.1, -0.05) is 12.1 Å². The first-order valence-corrected chi connectivity index (χ1v) is 5.33. The van der Waals surface area contributed by atoms with Gasteiger partial charge in [-0.05, 0) is 12.1 Å². The Balaban J connectivity index is 2.50. The summed E-state index contributed by atoms with van der Waals surface area (Å²) in [5.41, 5.74) is 0.271. The molecule has 5 heteroatoms. The predicted molar refractivity (Wildman–Crippen MR) is 55.7 cm³/mol. The summed E-state index contributed by atoms with van der Waals surface area (Å²) in [7, 11) is 0. The van der Waals surface area contributed by atoms with Crippen LogP contribution in [0.3, 0.4) is 0 Å². The molecule has 1 aromatic carbocycles. The molecule has 0 aliphatic heterocycles. The van der Waals surface area contributed by atoms with Crippen LogP contribution in [0.2, 0.25) is 0 Å². The minimum atomic E-state index is -0.966. The van der Waals surface area contributed by atoms with Crippen LogP contribution in [0, 0.1) is 5.82 Å². The Bertz CT molecular complexity index is 379. The van der Waals surface area contributed by atoms with Crippen LogP contribution in [-0.2, 0) is 4.79 Å². The second-order valence-corrected chi connectivity index (χ2v) is 3.81. The van der Waals surface area contributed by atoms with Crippen molar-refractivity contribution in [3.8, 4) is 0 Å². The number of ketones is 1. The molecule has 15 heavy (non-hydrogen) atoms. The van der Waals surface area contributed by atoms with Gasteiger partial charge in [0, 0.05) is 5.56 Å². The van der Waals surface area contributed by atoms with E-state index in [1.807, 2.05) is 0 Å². The molecule has 0 bridgehead atoms. The zero-order valence-corrected chi connectivity index (χ0v) is 8.59. The van der Waals surface area contributed by atoms with E-state index in [-0.39, 0.29) is 22.9 Å². The normalized spacial score (nSPS) is 9.93. The first kappa shape index (κ1) is 11.7. The van der Waals surface area contributed by atoms with Crippen LogP contribution < -0.4 is 0 Å².